The number of carboxylic acid groups (broad SMARTS) is 1. The first-order valence-electron chi connectivity index (χ1n) is 3.99. The van der Waals surface area contributed by atoms with Crippen LogP contribution < -0.4 is 11.5 Å². The van der Waals surface area contributed by atoms with Crippen molar-refractivity contribution in [2.24, 2.45) is 11.5 Å². The van der Waals surface area contributed by atoms with Crippen LogP contribution in [0.4, 0.5) is 4.39 Å². The van der Waals surface area contributed by atoms with Gasteiger partial charge in [-0.05, 0) is 6.42 Å². The minimum Gasteiger partial charge on any atom is -0.480 e. The van der Waals surface area contributed by atoms with Gasteiger partial charge in [-0.2, -0.15) is 0 Å². The summed E-state index contributed by atoms with van der Waals surface area (Å²) < 4.78 is 12.3. The van der Waals surface area contributed by atoms with Crippen LogP contribution in [0, 0.1) is 0 Å². The average molecular weight is 190 g/mol. The maximum absolute atomic E-state index is 12.3. The van der Waals surface area contributed by atoms with Crippen LogP contribution in [-0.4, -0.2) is 29.8 Å². The molecule has 4 nitrogen and oxygen atoms in total. The van der Waals surface area contributed by atoms with E-state index in [0.717, 1.165) is 0 Å². The molecule has 0 aromatic rings. The number of nitrogens with two attached hydrogens (primary N) is 2. The highest BCUT2D eigenvalue weighted by Gasteiger charge is 2.31. The molecule has 13 heavy (non-hydrogen) atoms. The van der Waals surface area contributed by atoms with Crippen LogP contribution in [0.1, 0.15) is 13.3 Å². The van der Waals surface area contributed by atoms with Crippen molar-refractivity contribution >= 4 is 5.97 Å². The van der Waals surface area contributed by atoms with Crippen molar-refractivity contribution in [3.05, 3.63) is 11.6 Å². The van der Waals surface area contributed by atoms with Crippen molar-refractivity contribution in [2.75, 3.05) is 13.2 Å². The van der Waals surface area contributed by atoms with E-state index in [0.29, 0.717) is 12.0 Å². The summed E-state index contributed by atoms with van der Waals surface area (Å²) in [5.74, 6) is -1.38. The molecule has 0 aliphatic carbocycles. The highest BCUT2D eigenvalue weighted by Crippen LogP contribution is 2.10. The summed E-state index contributed by atoms with van der Waals surface area (Å²) in [7, 11) is 0. The Morgan fingerprint density at radius 3 is 2.46 bits per heavy atom. The minimum absolute atomic E-state index is 0.197. The van der Waals surface area contributed by atoms with E-state index in [-0.39, 0.29) is 6.54 Å². The summed E-state index contributed by atoms with van der Waals surface area (Å²) in [6.07, 6.45) is 1.76. The number of aliphatic carboxylic acids is 1. The van der Waals surface area contributed by atoms with Crippen molar-refractivity contribution in [1.29, 1.82) is 0 Å². The second-order valence-electron chi connectivity index (χ2n) is 2.84. The van der Waals surface area contributed by atoms with Gasteiger partial charge in [-0.3, -0.25) is 0 Å². The third-order valence-electron chi connectivity index (χ3n) is 1.80. The lowest BCUT2D eigenvalue weighted by atomic mass is 9.98. The number of halogens is 1. The first-order chi connectivity index (χ1) is 6.00. The molecule has 0 aromatic heterocycles. The van der Waals surface area contributed by atoms with Crippen molar-refractivity contribution in [3.63, 3.8) is 0 Å². The van der Waals surface area contributed by atoms with Crippen LogP contribution >= 0.6 is 0 Å². The molecular weight excluding hydrogens is 175 g/mol. The lowest BCUT2D eigenvalue weighted by Gasteiger charge is -2.17. The van der Waals surface area contributed by atoms with Gasteiger partial charge in [0.2, 0.25) is 0 Å². The van der Waals surface area contributed by atoms with Gasteiger partial charge in [0.05, 0.1) is 0 Å². The zero-order chi connectivity index (χ0) is 10.5. The van der Waals surface area contributed by atoms with E-state index in [4.69, 9.17) is 16.6 Å². The van der Waals surface area contributed by atoms with Gasteiger partial charge >= 0.3 is 5.97 Å². The molecule has 76 valence electrons. The molecule has 0 aliphatic heterocycles. The number of hydrogen-bond donors (Lipinski definition) is 3. The summed E-state index contributed by atoms with van der Waals surface area (Å²) in [5.41, 5.74) is 9.31. The Morgan fingerprint density at radius 2 is 2.23 bits per heavy atom. The first-order valence-corrected chi connectivity index (χ1v) is 3.99. The molecule has 1 unspecified atom stereocenters. The maximum Gasteiger partial charge on any atom is 0.330 e. The molecule has 0 spiro atoms. The van der Waals surface area contributed by atoms with Gasteiger partial charge < -0.3 is 16.6 Å². The number of alkyl halides is 1. The standard InChI is InChI=1S/C8H15FN2O2/c1-2-6(4-10)3-8(11,5-9)7(12)13/h3H,2,4-5,10-11H2,1H3,(H,12,13)/b6-3+. The molecule has 1 atom stereocenters. The van der Waals surface area contributed by atoms with Crippen LogP contribution in [0.2, 0.25) is 0 Å². The number of carboxylic acids is 1. The fraction of sp³-hybridized carbons (Fsp3) is 0.625. The quantitative estimate of drug-likeness (QED) is 0.534. The zero-order valence-corrected chi connectivity index (χ0v) is 7.59. The molecule has 0 heterocycles. The molecule has 0 aromatic carbocycles. The fourth-order valence-corrected chi connectivity index (χ4v) is 0.827. The first kappa shape index (κ1) is 12.1. The third kappa shape index (κ3) is 3.12. The summed E-state index contributed by atoms with van der Waals surface area (Å²) in [6.45, 7) is 0.869. The van der Waals surface area contributed by atoms with Crippen molar-refractivity contribution in [2.45, 2.75) is 18.9 Å². The number of rotatable bonds is 5. The van der Waals surface area contributed by atoms with Crippen molar-refractivity contribution in [3.8, 4) is 0 Å². The molecule has 0 rings (SSSR count). The molecule has 0 bridgehead atoms. The minimum atomic E-state index is -1.93. The van der Waals surface area contributed by atoms with Crippen LogP contribution in [0.25, 0.3) is 0 Å². The maximum atomic E-state index is 12.3. The van der Waals surface area contributed by atoms with Crippen LogP contribution in [0.15, 0.2) is 11.6 Å². The van der Waals surface area contributed by atoms with Crippen LogP contribution in [0.5, 0.6) is 0 Å². The predicted octanol–water partition coefficient (Wildman–Crippen LogP) is 0.0331. The second kappa shape index (κ2) is 4.94. The summed E-state index contributed by atoms with van der Waals surface area (Å²) in [6, 6.07) is 0. The number of hydrogen-bond acceptors (Lipinski definition) is 3. The molecule has 0 saturated heterocycles. The van der Waals surface area contributed by atoms with Gasteiger partial charge in [-0.1, -0.05) is 18.6 Å². The molecule has 0 amide bonds. The molecule has 5 heteroatoms. The van der Waals surface area contributed by atoms with E-state index in [1.165, 1.54) is 6.08 Å². The van der Waals surface area contributed by atoms with E-state index in [2.05, 4.69) is 0 Å². The Balaban J connectivity index is 4.77. The van der Waals surface area contributed by atoms with Gasteiger partial charge in [0.15, 0.2) is 5.54 Å². The predicted molar refractivity (Wildman–Crippen MR) is 48.0 cm³/mol. The lowest BCUT2D eigenvalue weighted by Crippen LogP contribution is -2.48. The summed E-state index contributed by atoms with van der Waals surface area (Å²) in [4.78, 5) is 10.6. The molecule has 0 saturated carbocycles. The Morgan fingerprint density at radius 1 is 1.69 bits per heavy atom. The van der Waals surface area contributed by atoms with Gasteiger partial charge in [-0.25, -0.2) is 9.18 Å². The van der Waals surface area contributed by atoms with Crippen molar-refractivity contribution in [1.82, 2.24) is 0 Å². The van der Waals surface area contributed by atoms with Gasteiger partial charge in [0.25, 0.3) is 0 Å². The van der Waals surface area contributed by atoms with E-state index in [1.54, 1.807) is 6.92 Å². The Labute approximate surface area is 76.4 Å². The smallest absolute Gasteiger partial charge is 0.330 e. The molecular formula is C8H15FN2O2. The summed E-state index contributed by atoms with van der Waals surface area (Å²) >= 11 is 0. The second-order valence-corrected chi connectivity index (χ2v) is 2.84. The molecule has 5 N–H and O–H groups in total. The monoisotopic (exact) mass is 190 g/mol. The Hall–Kier alpha value is -0.940. The topological polar surface area (TPSA) is 89.3 Å². The van der Waals surface area contributed by atoms with Crippen LogP contribution in [-0.2, 0) is 4.79 Å². The summed E-state index contributed by atoms with van der Waals surface area (Å²) in [5, 5.41) is 8.62. The highest BCUT2D eigenvalue weighted by atomic mass is 19.1. The van der Waals surface area contributed by atoms with E-state index >= 15 is 0 Å². The third-order valence-corrected chi connectivity index (χ3v) is 1.80. The van der Waals surface area contributed by atoms with Gasteiger partial charge in [0.1, 0.15) is 6.67 Å². The average Bonchev–Trinajstić information content (AvgIpc) is 2.13. The Kier molecular flexibility index (Phi) is 4.58. The van der Waals surface area contributed by atoms with Gasteiger partial charge in [-0.15, -0.1) is 0 Å². The fourth-order valence-electron chi connectivity index (χ4n) is 0.827. The zero-order valence-electron chi connectivity index (χ0n) is 7.59. The van der Waals surface area contributed by atoms with E-state index in [9.17, 15) is 9.18 Å². The van der Waals surface area contributed by atoms with E-state index < -0.39 is 18.2 Å². The van der Waals surface area contributed by atoms with E-state index in [1.807, 2.05) is 0 Å². The number of carbonyl (C=O) groups is 1. The lowest BCUT2D eigenvalue weighted by molar-refractivity contribution is -0.141. The molecule has 0 radical (unpaired) electrons. The molecule has 0 fully saturated rings. The highest BCUT2D eigenvalue weighted by molar-refractivity contribution is 5.81. The van der Waals surface area contributed by atoms with Crippen LogP contribution in [0.3, 0.4) is 0 Å². The molecule has 0 aliphatic rings. The SMILES string of the molecule is CC/C(=C\C(N)(CF)C(=O)O)CN. The van der Waals surface area contributed by atoms with Gasteiger partial charge in [0, 0.05) is 6.54 Å². The largest absolute Gasteiger partial charge is 0.480 e. The Bertz CT molecular complexity index is 212. The normalized spacial score (nSPS) is 16.8. The van der Waals surface area contributed by atoms with Crippen molar-refractivity contribution < 1.29 is 14.3 Å².